The molecule has 0 radical (unpaired) electrons. The normalized spacial score (nSPS) is 10.3. The molecule has 5 heteroatoms. The molecule has 0 bridgehead atoms. The van der Waals surface area contributed by atoms with E-state index in [0.29, 0.717) is 35.3 Å². The van der Waals surface area contributed by atoms with Crippen LogP contribution in [0, 0.1) is 0 Å². The van der Waals surface area contributed by atoms with E-state index in [1.54, 1.807) is 24.3 Å². The van der Waals surface area contributed by atoms with Crippen molar-refractivity contribution in [3.8, 4) is 16.9 Å². The van der Waals surface area contributed by atoms with Crippen molar-refractivity contribution in [3.63, 3.8) is 0 Å². The second-order valence-corrected chi connectivity index (χ2v) is 6.00. The molecule has 0 aromatic heterocycles. The van der Waals surface area contributed by atoms with Gasteiger partial charge in [-0.05, 0) is 47.7 Å². The van der Waals surface area contributed by atoms with Gasteiger partial charge in [-0.3, -0.25) is 9.59 Å². The fraction of sp³-hybridized carbons (Fsp3) is 0.182. The second kappa shape index (κ2) is 9.62. The van der Waals surface area contributed by atoms with Crippen LogP contribution < -0.4 is 16.2 Å². The third-order valence-electron chi connectivity index (χ3n) is 4.05. The topological polar surface area (TPSA) is 95.4 Å². The average Bonchev–Trinajstić information content (AvgIpc) is 2.68. The summed E-state index contributed by atoms with van der Waals surface area (Å²) in [6.45, 7) is 7.16. The van der Waals surface area contributed by atoms with Crippen LogP contribution in [0.25, 0.3) is 11.1 Å². The Bertz CT molecular complexity index is 872. The Morgan fingerprint density at radius 3 is 2.04 bits per heavy atom. The molecule has 0 aliphatic heterocycles. The van der Waals surface area contributed by atoms with Crippen molar-refractivity contribution < 1.29 is 14.3 Å². The summed E-state index contributed by atoms with van der Waals surface area (Å²) in [6.07, 6.45) is 4.86. The van der Waals surface area contributed by atoms with Gasteiger partial charge in [0.2, 0.25) is 0 Å². The van der Waals surface area contributed by atoms with E-state index in [2.05, 4.69) is 13.2 Å². The van der Waals surface area contributed by atoms with Gasteiger partial charge in [0.05, 0.1) is 13.1 Å². The highest BCUT2D eigenvalue weighted by molar-refractivity contribution is 6.04. The maximum atomic E-state index is 12.4. The van der Waals surface area contributed by atoms with Crippen molar-refractivity contribution in [2.24, 2.45) is 11.5 Å². The molecule has 0 atom stereocenters. The highest BCUT2D eigenvalue weighted by atomic mass is 16.5. The third kappa shape index (κ3) is 5.00. The lowest BCUT2D eigenvalue weighted by Gasteiger charge is -2.15. The summed E-state index contributed by atoms with van der Waals surface area (Å²) in [7, 11) is 0. The Labute approximate surface area is 159 Å². The largest absolute Gasteiger partial charge is 0.425 e. The smallest absolute Gasteiger partial charge is 0.325 e. The van der Waals surface area contributed by atoms with Gasteiger partial charge in [0.25, 0.3) is 0 Å². The number of hydrogen-bond acceptors (Lipinski definition) is 5. The van der Waals surface area contributed by atoms with Crippen LogP contribution in [0.2, 0.25) is 0 Å². The van der Waals surface area contributed by atoms with Crippen LogP contribution >= 0.6 is 0 Å². The van der Waals surface area contributed by atoms with Crippen LogP contribution in [-0.4, -0.2) is 24.8 Å². The highest BCUT2D eigenvalue weighted by Gasteiger charge is 2.18. The molecule has 0 fully saturated rings. The van der Waals surface area contributed by atoms with Gasteiger partial charge < -0.3 is 16.2 Å². The molecule has 0 saturated heterocycles. The minimum absolute atomic E-state index is 0.113. The fourth-order valence-electron chi connectivity index (χ4n) is 2.80. The van der Waals surface area contributed by atoms with Crippen molar-refractivity contribution in [1.82, 2.24) is 0 Å². The number of Topliss-reactive ketones (excluding diaryl/α,β-unsaturated/α-hetero) is 1. The summed E-state index contributed by atoms with van der Waals surface area (Å²) in [6, 6.07) is 11.0. The molecule has 0 aliphatic carbocycles. The molecule has 0 spiro atoms. The lowest BCUT2D eigenvalue weighted by Crippen LogP contribution is -2.20. The first-order chi connectivity index (χ1) is 13.0. The summed E-state index contributed by atoms with van der Waals surface area (Å²) < 4.78 is 5.40. The first kappa shape index (κ1) is 20.3. The minimum Gasteiger partial charge on any atom is -0.425 e. The van der Waals surface area contributed by atoms with Gasteiger partial charge in [0, 0.05) is 11.1 Å². The number of benzene rings is 2. The van der Waals surface area contributed by atoms with E-state index < -0.39 is 5.97 Å². The molecule has 2 rings (SSSR count). The van der Waals surface area contributed by atoms with E-state index in [9.17, 15) is 9.59 Å². The molecule has 0 unspecified atom stereocenters. The van der Waals surface area contributed by atoms with Crippen molar-refractivity contribution >= 4 is 11.8 Å². The van der Waals surface area contributed by atoms with Crippen molar-refractivity contribution in [3.05, 3.63) is 78.4 Å². The van der Waals surface area contributed by atoms with Crippen LogP contribution in [0.15, 0.2) is 61.7 Å². The first-order valence-corrected chi connectivity index (χ1v) is 8.66. The lowest BCUT2D eigenvalue weighted by molar-refractivity contribution is -0.132. The standard InChI is InChI=1S/C22H24N2O3/c1-3-5-15-7-9-17(20(25)13-23)18(11-15)19-12-16(6-4-2)8-10-21(19)27-22(26)14-24/h3-4,7-12H,1-2,5-6,13-14,23-24H2. The summed E-state index contributed by atoms with van der Waals surface area (Å²) in [5.74, 6) is -0.401. The van der Waals surface area contributed by atoms with E-state index in [0.717, 1.165) is 11.1 Å². The molecule has 0 heterocycles. The zero-order valence-corrected chi connectivity index (χ0v) is 15.2. The van der Waals surface area contributed by atoms with E-state index >= 15 is 0 Å². The molecular weight excluding hydrogens is 340 g/mol. The number of rotatable bonds is 9. The summed E-state index contributed by atoms with van der Waals surface area (Å²) in [5, 5.41) is 0. The molecule has 2 aromatic rings. The van der Waals surface area contributed by atoms with Gasteiger partial charge in [-0.2, -0.15) is 0 Å². The van der Waals surface area contributed by atoms with Gasteiger partial charge in [-0.15, -0.1) is 13.2 Å². The van der Waals surface area contributed by atoms with E-state index in [4.69, 9.17) is 16.2 Å². The number of ether oxygens (including phenoxy) is 1. The Balaban J connectivity index is 2.71. The zero-order chi connectivity index (χ0) is 19.8. The summed E-state index contributed by atoms with van der Waals surface area (Å²) in [5.41, 5.74) is 14.7. The van der Waals surface area contributed by atoms with Gasteiger partial charge in [0.15, 0.2) is 5.78 Å². The van der Waals surface area contributed by atoms with Gasteiger partial charge in [-0.1, -0.05) is 30.4 Å². The van der Waals surface area contributed by atoms with Crippen LogP contribution in [-0.2, 0) is 17.6 Å². The quantitative estimate of drug-likeness (QED) is 0.309. The molecule has 0 saturated carbocycles. The first-order valence-electron chi connectivity index (χ1n) is 8.66. The summed E-state index contributed by atoms with van der Waals surface area (Å²) in [4.78, 5) is 24.1. The van der Waals surface area contributed by atoms with Crippen LogP contribution in [0.3, 0.4) is 0 Å². The zero-order valence-electron chi connectivity index (χ0n) is 15.2. The van der Waals surface area contributed by atoms with Crippen LogP contribution in [0.4, 0.5) is 0 Å². The van der Waals surface area contributed by atoms with Crippen molar-refractivity contribution in [2.75, 3.05) is 13.1 Å². The number of carbonyl (C=O) groups excluding carboxylic acids is 2. The number of ketones is 1. The van der Waals surface area contributed by atoms with Crippen molar-refractivity contribution in [1.29, 1.82) is 0 Å². The van der Waals surface area contributed by atoms with E-state index in [1.165, 1.54) is 0 Å². The maximum absolute atomic E-state index is 12.4. The molecule has 4 N–H and O–H groups in total. The number of esters is 1. The van der Waals surface area contributed by atoms with E-state index in [-0.39, 0.29) is 18.9 Å². The van der Waals surface area contributed by atoms with Crippen LogP contribution in [0.5, 0.6) is 5.75 Å². The minimum atomic E-state index is -0.554. The van der Waals surface area contributed by atoms with Gasteiger partial charge in [0.1, 0.15) is 5.75 Å². The molecule has 0 amide bonds. The number of nitrogens with two attached hydrogens (primary N) is 2. The molecule has 140 valence electrons. The lowest BCUT2D eigenvalue weighted by atomic mass is 9.92. The molecule has 5 nitrogen and oxygen atoms in total. The predicted molar refractivity (Wildman–Crippen MR) is 108 cm³/mol. The number of allylic oxidation sites excluding steroid dienone is 2. The Hall–Kier alpha value is -3.02. The SMILES string of the molecule is C=CCc1ccc(OC(=O)CN)c(-c2cc(CC=C)ccc2C(=O)CN)c1. The van der Waals surface area contributed by atoms with Crippen molar-refractivity contribution in [2.45, 2.75) is 12.8 Å². The van der Waals surface area contributed by atoms with Crippen LogP contribution in [0.1, 0.15) is 21.5 Å². The predicted octanol–water partition coefficient (Wildman–Crippen LogP) is 2.82. The molecular formula is C22H24N2O3. The molecule has 27 heavy (non-hydrogen) atoms. The molecule has 0 aliphatic rings. The van der Waals surface area contributed by atoms with E-state index in [1.807, 2.05) is 24.3 Å². The Kier molecular flexibility index (Phi) is 7.23. The molecule has 2 aromatic carbocycles. The second-order valence-electron chi connectivity index (χ2n) is 6.00. The van der Waals surface area contributed by atoms with Gasteiger partial charge >= 0.3 is 5.97 Å². The Morgan fingerprint density at radius 1 is 0.889 bits per heavy atom. The third-order valence-corrected chi connectivity index (χ3v) is 4.05. The van der Waals surface area contributed by atoms with Gasteiger partial charge in [-0.25, -0.2) is 0 Å². The number of hydrogen-bond donors (Lipinski definition) is 2. The average molecular weight is 364 g/mol. The monoisotopic (exact) mass is 364 g/mol. The fourth-order valence-corrected chi connectivity index (χ4v) is 2.80. The summed E-state index contributed by atoms with van der Waals surface area (Å²) >= 11 is 0. The highest BCUT2D eigenvalue weighted by Crippen LogP contribution is 2.35. The maximum Gasteiger partial charge on any atom is 0.325 e. The number of carbonyl (C=O) groups is 2. The Morgan fingerprint density at radius 2 is 1.48 bits per heavy atom.